The quantitative estimate of drug-likeness (QED) is 0.818. The van der Waals surface area contributed by atoms with Crippen LogP contribution in [0.1, 0.15) is 24.0 Å². The minimum atomic E-state index is -4.12. The maximum atomic E-state index is 11.9. The zero-order valence-electron chi connectivity index (χ0n) is 9.43. The second-order valence-corrected chi connectivity index (χ2v) is 3.81. The van der Waals surface area contributed by atoms with Gasteiger partial charge in [-0.15, -0.1) is 0 Å². The van der Waals surface area contributed by atoms with Crippen molar-refractivity contribution >= 4 is 5.69 Å². The largest absolute Gasteiger partial charge is 0.389 e. The summed E-state index contributed by atoms with van der Waals surface area (Å²) in [6.45, 7) is 2.06. The van der Waals surface area contributed by atoms with Gasteiger partial charge in [0.1, 0.15) is 6.07 Å². The Bertz CT molecular complexity index is 419. The number of aryl methyl sites for hydroxylation is 1. The third-order valence-corrected chi connectivity index (χ3v) is 2.25. The van der Waals surface area contributed by atoms with Gasteiger partial charge in [0.15, 0.2) is 0 Å². The van der Waals surface area contributed by atoms with Gasteiger partial charge in [-0.3, -0.25) is 0 Å². The third-order valence-electron chi connectivity index (χ3n) is 2.25. The summed E-state index contributed by atoms with van der Waals surface area (Å²) < 4.78 is 35.7. The number of rotatable bonds is 4. The Kier molecular flexibility index (Phi) is 4.38. The van der Waals surface area contributed by atoms with Gasteiger partial charge in [-0.05, 0) is 31.0 Å². The van der Waals surface area contributed by atoms with Crippen molar-refractivity contribution in [2.75, 3.05) is 11.9 Å². The van der Waals surface area contributed by atoms with Crippen molar-refractivity contribution in [1.29, 1.82) is 5.26 Å². The van der Waals surface area contributed by atoms with Gasteiger partial charge in [-0.2, -0.15) is 18.4 Å². The summed E-state index contributed by atoms with van der Waals surface area (Å²) in [5.74, 6) is 0. The van der Waals surface area contributed by atoms with Crippen LogP contribution in [-0.4, -0.2) is 12.7 Å². The van der Waals surface area contributed by atoms with E-state index in [9.17, 15) is 13.2 Å². The molecule has 1 rings (SSSR count). The zero-order valence-corrected chi connectivity index (χ0v) is 9.43. The van der Waals surface area contributed by atoms with Gasteiger partial charge < -0.3 is 5.32 Å². The maximum Gasteiger partial charge on any atom is 0.389 e. The van der Waals surface area contributed by atoms with Gasteiger partial charge in [0.25, 0.3) is 0 Å². The van der Waals surface area contributed by atoms with E-state index in [2.05, 4.69) is 5.32 Å². The fourth-order valence-corrected chi connectivity index (χ4v) is 1.42. The second kappa shape index (κ2) is 5.58. The van der Waals surface area contributed by atoms with E-state index in [4.69, 9.17) is 5.26 Å². The molecular weight excluding hydrogens is 229 g/mol. The highest BCUT2D eigenvalue weighted by Gasteiger charge is 2.25. The minimum absolute atomic E-state index is 0.00223. The number of nitrogens with zero attached hydrogens (tertiary/aromatic N) is 1. The molecule has 0 aromatic heterocycles. The van der Waals surface area contributed by atoms with Gasteiger partial charge in [-0.25, -0.2) is 0 Å². The Hall–Kier alpha value is -1.70. The fraction of sp³-hybridized carbons (Fsp3) is 0.417. The van der Waals surface area contributed by atoms with Crippen LogP contribution in [0.4, 0.5) is 18.9 Å². The summed E-state index contributed by atoms with van der Waals surface area (Å²) in [6.07, 6.45) is -4.93. The smallest absolute Gasteiger partial charge is 0.384 e. The zero-order chi connectivity index (χ0) is 12.9. The van der Waals surface area contributed by atoms with Crippen molar-refractivity contribution < 1.29 is 13.2 Å². The summed E-state index contributed by atoms with van der Waals surface area (Å²) >= 11 is 0. The first kappa shape index (κ1) is 13.4. The molecule has 17 heavy (non-hydrogen) atoms. The lowest BCUT2D eigenvalue weighted by Crippen LogP contribution is -2.11. The number of hydrogen-bond acceptors (Lipinski definition) is 2. The molecule has 0 saturated carbocycles. The average molecular weight is 242 g/mol. The lowest BCUT2D eigenvalue weighted by molar-refractivity contribution is -0.134. The lowest BCUT2D eigenvalue weighted by atomic mass is 10.1. The molecule has 0 radical (unpaired) electrons. The van der Waals surface area contributed by atoms with Crippen LogP contribution >= 0.6 is 0 Å². The number of nitrogens with one attached hydrogen (secondary N) is 1. The second-order valence-electron chi connectivity index (χ2n) is 3.81. The van der Waals surface area contributed by atoms with E-state index < -0.39 is 12.6 Å². The Morgan fingerprint density at radius 2 is 2.06 bits per heavy atom. The highest BCUT2D eigenvalue weighted by molar-refractivity contribution is 5.58. The van der Waals surface area contributed by atoms with Crippen LogP contribution in [0.15, 0.2) is 18.2 Å². The Labute approximate surface area is 98.1 Å². The first-order valence-electron chi connectivity index (χ1n) is 5.24. The predicted octanol–water partition coefficient (Wildman–Crippen LogP) is 3.62. The van der Waals surface area contributed by atoms with Crippen LogP contribution < -0.4 is 5.32 Å². The Balaban J connectivity index is 2.50. The van der Waals surface area contributed by atoms with Gasteiger partial charge in [0.05, 0.1) is 11.3 Å². The number of anilines is 1. The standard InChI is InChI=1S/C12H13F3N2/c1-9-3-4-11(10(7-9)8-16)17-6-2-5-12(13,14)15/h3-4,7,17H,2,5-6H2,1H3. The molecular formula is C12H13F3N2. The summed E-state index contributed by atoms with van der Waals surface area (Å²) in [4.78, 5) is 0. The van der Waals surface area contributed by atoms with Crippen molar-refractivity contribution in [3.8, 4) is 6.07 Å². The van der Waals surface area contributed by atoms with Crippen molar-refractivity contribution in [3.05, 3.63) is 29.3 Å². The van der Waals surface area contributed by atoms with Crippen LogP contribution in [0.25, 0.3) is 0 Å². The monoisotopic (exact) mass is 242 g/mol. The van der Waals surface area contributed by atoms with Gasteiger partial charge in [-0.1, -0.05) is 6.07 Å². The third kappa shape index (κ3) is 4.77. The molecule has 5 heteroatoms. The van der Waals surface area contributed by atoms with Crippen LogP contribution in [0.3, 0.4) is 0 Å². The van der Waals surface area contributed by atoms with Crippen LogP contribution in [0.5, 0.6) is 0 Å². The van der Waals surface area contributed by atoms with Gasteiger partial charge in [0.2, 0.25) is 0 Å². The van der Waals surface area contributed by atoms with Gasteiger partial charge >= 0.3 is 6.18 Å². The molecule has 92 valence electrons. The number of halogens is 3. The minimum Gasteiger partial charge on any atom is -0.384 e. The number of alkyl halides is 3. The van der Waals surface area contributed by atoms with Crippen LogP contribution in [-0.2, 0) is 0 Å². The van der Waals surface area contributed by atoms with Gasteiger partial charge in [0, 0.05) is 13.0 Å². The van der Waals surface area contributed by atoms with Crippen molar-refractivity contribution in [2.24, 2.45) is 0 Å². The molecule has 0 aliphatic rings. The molecule has 1 N–H and O–H groups in total. The molecule has 0 saturated heterocycles. The van der Waals surface area contributed by atoms with Crippen molar-refractivity contribution in [1.82, 2.24) is 0 Å². The number of benzene rings is 1. The SMILES string of the molecule is Cc1ccc(NCCCC(F)(F)F)c(C#N)c1. The summed E-state index contributed by atoms with van der Waals surface area (Å²) in [7, 11) is 0. The van der Waals surface area contributed by atoms with Crippen LogP contribution in [0, 0.1) is 18.3 Å². The first-order chi connectivity index (χ1) is 7.92. The van der Waals surface area contributed by atoms with E-state index in [-0.39, 0.29) is 13.0 Å². The first-order valence-corrected chi connectivity index (χ1v) is 5.24. The molecule has 0 aliphatic carbocycles. The molecule has 0 aliphatic heterocycles. The van der Waals surface area contributed by atoms with E-state index in [1.54, 1.807) is 12.1 Å². The lowest BCUT2D eigenvalue weighted by Gasteiger charge is -2.10. The number of nitriles is 1. The molecule has 0 bridgehead atoms. The van der Waals surface area contributed by atoms with Crippen molar-refractivity contribution in [2.45, 2.75) is 25.9 Å². The average Bonchev–Trinajstić information content (AvgIpc) is 2.24. The molecule has 2 nitrogen and oxygen atoms in total. The Morgan fingerprint density at radius 1 is 1.35 bits per heavy atom. The van der Waals surface area contributed by atoms with E-state index in [1.165, 1.54) is 0 Å². The van der Waals surface area contributed by atoms with E-state index >= 15 is 0 Å². The predicted molar refractivity (Wildman–Crippen MR) is 59.7 cm³/mol. The molecule has 0 spiro atoms. The highest BCUT2D eigenvalue weighted by Crippen LogP contribution is 2.22. The fourth-order valence-electron chi connectivity index (χ4n) is 1.42. The molecule has 0 unspecified atom stereocenters. The maximum absolute atomic E-state index is 11.9. The molecule has 0 atom stereocenters. The molecule has 1 aromatic carbocycles. The van der Waals surface area contributed by atoms with E-state index in [1.807, 2.05) is 19.1 Å². The van der Waals surface area contributed by atoms with E-state index in [0.717, 1.165) is 5.56 Å². The topological polar surface area (TPSA) is 35.8 Å². The Morgan fingerprint density at radius 3 is 2.65 bits per heavy atom. The number of hydrogen-bond donors (Lipinski definition) is 1. The molecule has 1 aromatic rings. The van der Waals surface area contributed by atoms with Crippen molar-refractivity contribution in [3.63, 3.8) is 0 Å². The normalized spacial score (nSPS) is 11.0. The summed E-state index contributed by atoms with van der Waals surface area (Å²) in [5, 5.41) is 11.7. The van der Waals surface area contributed by atoms with E-state index in [0.29, 0.717) is 11.3 Å². The molecule has 0 amide bonds. The van der Waals surface area contributed by atoms with Crippen LogP contribution in [0.2, 0.25) is 0 Å². The summed E-state index contributed by atoms with van der Waals surface area (Å²) in [5.41, 5.74) is 1.99. The molecule has 0 fully saturated rings. The highest BCUT2D eigenvalue weighted by atomic mass is 19.4. The summed E-state index contributed by atoms with van der Waals surface area (Å²) in [6, 6.07) is 7.23. The molecule has 0 heterocycles.